The Balaban J connectivity index is 1.28. The molecule has 0 unspecified atom stereocenters. The Morgan fingerprint density at radius 2 is 1.60 bits per heavy atom. The maximum Gasteiger partial charge on any atom is 0.344 e. The topological polar surface area (TPSA) is 96.5 Å². The fourth-order valence-electron chi connectivity index (χ4n) is 4.46. The largest absolute Gasteiger partial charge is 0.465 e. The number of nitrogens with zero attached hydrogens (tertiary/aromatic N) is 3. The summed E-state index contributed by atoms with van der Waals surface area (Å²) < 4.78 is 12.5. The second-order valence-electron chi connectivity index (χ2n) is 9.40. The number of rotatable bonds is 9. The van der Waals surface area contributed by atoms with E-state index in [2.05, 4.69) is 16.2 Å². The highest BCUT2D eigenvalue weighted by Crippen LogP contribution is 2.32. The summed E-state index contributed by atoms with van der Waals surface area (Å²) in [5.41, 5.74) is 4.07. The number of nitro groups is 1. The van der Waals surface area contributed by atoms with E-state index in [9.17, 15) is 14.9 Å². The molecule has 5 rings (SSSR count). The van der Waals surface area contributed by atoms with Crippen molar-refractivity contribution in [3.8, 4) is 33.9 Å². The Morgan fingerprint density at radius 1 is 0.930 bits per heavy atom. The van der Waals surface area contributed by atoms with Crippen molar-refractivity contribution in [3.63, 3.8) is 0 Å². The summed E-state index contributed by atoms with van der Waals surface area (Å²) in [5.74, 6) is 0.753. The van der Waals surface area contributed by atoms with Crippen LogP contribution in [0.15, 0.2) is 91.1 Å². The van der Waals surface area contributed by atoms with Gasteiger partial charge in [0.15, 0.2) is 0 Å². The number of hydrogen-bond donors (Lipinski definition) is 0. The average molecular weight is 614 g/mol. The second kappa shape index (κ2) is 12.9. The molecule has 1 heterocycles. The van der Waals surface area contributed by atoms with Crippen LogP contribution in [-0.4, -0.2) is 27.6 Å². The lowest BCUT2D eigenvalue weighted by molar-refractivity contribution is -0.385. The second-order valence-corrected chi connectivity index (χ2v) is 10.2. The highest BCUT2D eigenvalue weighted by Gasteiger charge is 2.22. The van der Waals surface area contributed by atoms with Crippen LogP contribution < -0.4 is 4.74 Å². The molecule has 0 N–H and O–H groups in total. The summed E-state index contributed by atoms with van der Waals surface area (Å²) in [4.78, 5) is 27.4. The van der Waals surface area contributed by atoms with Crippen molar-refractivity contribution in [2.24, 2.45) is 0 Å². The van der Waals surface area contributed by atoms with Gasteiger partial charge in [-0.3, -0.25) is 10.1 Å². The van der Waals surface area contributed by atoms with E-state index >= 15 is 0 Å². The fourth-order valence-corrected chi connectivity index (χ4v) is 4.97. The maximum absolute atomic E-state index is 11.8. The van der Waals surface area contributed by atoms with Crippen molar-refractivity contribution in [1.29, 1.82) is 0 Å². The van der Waals surface area contributed by atoms with Gasteiger partial charge < -0.3 is 14.0 Å². The minimum Gasteiger partial charge on any atom is -0.465 e. The van der Waals surface area contributed by atoms with Crippen LogP contribution in [0.25, 0.3) is 34.5 Å². The Hall–Kier alpha value is -4.92. The highest BCUT2D eigenvalue weighted by molar-refractivity contribution is 6.36. The van der Waals surface area contributed by atoms with E-state index in [-0.39, 0.29) is 17.0 Å². The Labute approximate surface area is 257 Å². The van der Waals surface area contributed by atoms with Crippen molar-refractivity contribution < 1.29 is 19.2 Å². The molecule has 0 fully saturated rings. The van der Waals surface area contributed by atoms with Gasteiger partial charge in [-0.1, -0.05) is 65.7 Å². The third-order valence-electron chi connectivity index (χ3n) is 6.69. The first-order valence-corrected chi connectivity index (χ1v) is 14.0. The molecule has 1 aromatic heterocycles. The van der Waals surface area contributed by atoms with Gasteiger partial charge in [0.05, 0.1) is 28.8 Å². The molecule has 0 aliphatic heterocycles. The number of aromatic nitrogens is 2. The molecule has 10 heteroatoms. The van der Waals surface area contributed by atoms with E-state index in [1.807, 2.05) is 60.8 Å². The van der Waals surface area contributed by atoms with Gasteiger partial charge in [-0.25, -0.2) is 9.78 Å². The van der Waals surface area contributed by atoms with Crippen LogP contribution in [0.4, 0.5) is 5.69 Å². The van der Waals surface area contributed by atoms with Crippen LogP contribution in [0.3, 0.4) is 0 Å². The normalized spacial score (nSPS) is 11.1. The van der Waals surface area contributed by atoms with E-state index in [4.69, 9.17) is 32.9 Å². The number of esters is 1. The number of ether oxygens (including phenoxy) is 2. The van der Waals surface area contributed by atoms with Crippen LogP contribution >= 0.6 is 23.2 Å². The van der Waals surface area contributed by atoms with E-state index < -0.39 is 10.9 Å². The number of carbonyl (C=O) groups excluding carboxylic acids is 1. The molecule has 43 heavy (non-hydrogen) atoms. The molecule has 8 nitrogen and oxygen atoms in total. The van der Waals surface area contributed by atoms with Gasteiger partial charge in [0, 0.05) is 23.3 Å². The summed E-state index contributed by atoms with van der Waals surface area (Å²) in [6.45, 7) is 2.81. The first-order valence-electron chi connectivity index (χ1n) is 13.2. The van der Waals surface area contributed by atoms with E-state index in [1.54, 1.807) is 24.3 Å². The minimum atomic E-state index is -0.787. The molecule has 5 aromatic rings. The van der Waals surface area contributed by atoms with Crippen LogP contribution in [0.5, 0.6) is 11.5 Å². The maximum atomic E-state index is 11.8. The zero-order valence-electron chi connectivity index (χ0n) is 23.2. The average Bonchev–Trinajstić information content (AvgIpc) is 3.43. The molecule has 0 radical (unpaired) electrons. The molecule has 0 saturated carbocycles. The van der Waals surface area contributed by atoms with Crippen molar-refractivity contribution in [3.05, 3.63) is 128 Å². The van der Waals surface area contributed by atoms with Gasteiger partial charge in [-0.05, 0) is 72.2 Å². The number of carbonyl (C=O) groups is 1. The number of methoxy groups -OCH3 is 1. The third kappa shape index (κ3) is 6.77. The Bertz CT molecular complexity index is 1830. The van der Waals surface area contributed by atoms with Crippen LogP contribution in [-0.2, 0) is 11.3 Å². The van der Waals surface area contributed by atoms with Crippen molar-refractivity contribution in [1.82, 2.24) is 9.55 Å². The van der Waals surface area contributed by atoms with Crippen molar-refractivity contribution >= 4 is 47.0 Å². The SMILES string of the molecule is CCn1cc(-c2ccc(Cl)cc2Cl)nc1/C=C/c1ccc(-c2ccc(Oc3ccc(C(=O)OC)c([N+](=O)[O-])c3)cc2)cc1. The van der Waals surface area contributed by atoms with E-state index in [0.717, 1.165) is 40.3 Å². The molecule has 216 valence electrons. The summed E-state index contributed by atoms with van der Waals surface area (Å²) in [6, 6.07) is 24.8. The molecule has 4 aromatic carbocycles. The molecule has 0 aliphatic carbocycles. The minimum absolute atomic E-state index is 0.142. The summed E-state index contributed by atoms with van der Waals surface area (Å²) in [5, 5.41) is 12.5. The first kappa shape index (κ1) is 29.6. The van der Waals surface area contributed by atoms with Gasteiger partial charge in [-0.2, -0.15) is 0 Å². The van der Waals surface area contributed by atoms with Crippen molar-refractivity contribution in [2.75, 3.05) is 7.11 Å². The summed E-state index contributed by atoms with van der Waals surface area (Å²) in [6.07, 6.45) is 5.96. The van der Waals surface area contributed by atoms with E-state index in [0.29, 0.717) is 15.8 Å². The van der Waals surface area contributed by atoms with Gasteiger partial charge in [0.25, 0.3) is 5.69 Å². The zero-order valence-corrected chi connectivity index (χ0v) is 24.7. The van der Waals surface area contributed by atoms with Gasteiger partial charge in [0.2, 0.25) is 0 Å². The molecule has 0 atom stereocenters. The lowest BCUT2D eigenvalue weighted by atomic mass is 10.0. The van der Waals surface area contributed by atoms with Gasteiger partial charge in [-0.15, -0.1) is 0 Å². The quantitative estimate of drug-likeness (QED) is 0.0933. The Kier molecular flexibility index (Phi) is 8.90. The zero-order chi connectivity index (χ0) is 30.5. The molecule has 0 spiro atoms. The number of hydrogen-bond acceptors (Lipinski definition) is 6. The number of halogens is 2. The molecule has 0 aliphatic rings. The van der Waals surface area contributed by atoms with Crippen LogP contribution in [0, 0.1) is 10.1 Å². The first-order chi connectivity index (χ1) is 20.7. The standard InChI is InChI=1S/C33H25Cl2N3O5/c1-3-37-20-30(27-15-11-24(34)18-29(27)35)36-32(37)17-6-21-4-7-22(8-5-21)23-9-12-25(13-10-23)43-26-14-16-28(33(39)42-2)31(19-26)38(40)41/h4-20H,3H2,1-2H3/b17-6+. The number of aryl methyl sites for hydroxylation is 1. The van der Waals surface area contributed by atoms with Crippen LogP contribution in [0.1, 0.15) is 28.7 Å². The highest BCUT2D eigenvalue weighted by atomic mass is 35.5. The summed E-state index contributed by atoms with van der Waals surface area (Å²) in [7, 11) is 1.17. The number of nitro benzene ring substituents is 1. The van der Waals surface area contributed by atoms with E-state index in [1.165, 1.54) is 25.3 Å². The Morgan fingerprint density at radius 3 is 2.23 bits per heavy atom. The molecule has 0 amide bonds. The predicted octanol–water partition coefficient (Wildman–Crippen LogP) is 9.20. The van der Waals surface area contributed by atoms with Gasteiger partial charge in [0.1, 0.15) is 22.9 Å². The molecular formula is C33H25Cl2N3O5. The van der Waals surface area contributed by atoms with Gasteiger partial charge >= 0.3 is 5.97 Å². The predicted molar refractivity (Wildman–Crippen MR) is 169 cm³/mol. The number of benzene rings is 4. The van der Waals surface area contributed by atoms with Crippen LogP contribution in [0.2, 0.25) is 10.0 Å². The molecule has 0 bridgehead atoms. The van der Waals surface area contributed by atoms with Crippen molar-refractivity contribution in [2.45, 2.75) is 13.5 Å². The smallest absolute Gasteiger partial charge is 0.344 e. The third-order valence-corrected chi connectivity index (χ3v) is 7.23. The fraction of sp³-hybridized carbons (Fsp3) is 0.0909. The summed E-state index contributed by atoms with van der Waals surface area (Å²) >= 11 is 12.4. The monoisotopic (exact) mass is 613 g/mol. The number of imidazole rings is 1. The lowest BCUT2D eigenvalue weighted by Crippen LogP contribution is -2.05. The molecular weight excluding hydrogens is 589 g/mol. The lowest BCUT2D eigenvalue weighted by Gasteiger charge is -2.09. The molecule has 0 saturated heterocycles.